The van der Waals surface area contributed by atoms with E-state index in [1.165, 1.54) is 0 Å². The molecule has 1 amide bonds. The second-order valence-corrected chi connectivity index (χ2v) is 8.12. The molecule has 0 aliphatic heterocycles. The van der Waals surface area contributed by atoms with Crippen molar-refractivity contribution in [2.45, 2.75) is 26.9 Å². The Bertz CT molecular complexity index is 1290. The van der Waals surface area contributed by atoms with Crippen molar-refractivity contribution >= 4 is 22.8 Å². The van der Waals surface area contributed by atoms with E-state index in [2.05, 4.69) is 29.0 Å². The van der Waals surface area contributed by atoms with Gasteiger partial charge in [-0.25, -0.2) is 14.2 Å². The highest BCUT2D eigenvalue weighted by Crippen LogP contribution is 2.19. The number of benzene rings is 3. The predicted octanol–water partition coefficient (Wildman–Crippen LogP) is 4.87. The minimum atomic E-state index is -0.505. The van der Waals surface area contributed by atoms with Gasteiger partial charge < -0.3 is 19.9 Å². The smallest absolute Gasteiger partial charge is 0.334 e. The maximum absolute atomic E-state index is 13.0. The molecule has 3 aromatic carbocycles. The van der Waals surface area contributed by atoms with Crippen LogP contribution in [0.2, 0.25) is 0 Å². The largest absolute Gasteiger partial charge is 0.489 e. The molecule has 0 fully saturated rings. The van der Waals surface area contributed by atoms with E-state index in [4.69, 9.17) is 4.74 Å². The Morgan fingerprint density at radius 1 is 0.971 bits per heavy atom. The highest BCUT2D eigenvalue weighted by Gasteiger charge is 2.15. The lowest BCUT2D eigenvalue weighted by molar-refractivity contribution is 0.253. The molecule has 0 saturated heterocycles. The number of likely N-dealkylation sites (N-methyl/N-ethyl adjacent to an activating group) is 1. The monoisotopic (exact) mass is 458 g/mol. The number of nitrogens with zero attached hydrogens (tertiary/aromatic N) is 2. The maximum Gasteiger partial charge on any atom is 0.334 e. The average Bonchev–Trinajstić information content (AvgIpc) is 3.20. The molecule has 0 spiro atoms. The molecule has 1 heterocycles. The summed E-state index contributed by atoms with van der Waals surface area (Å²) < 4.78 is 6.94. The van der Waals surface area contributed by atoms with Crippen molar-refractivity contribution in [2.24, 2.45) is 0 Å². The maximum atomic E-state index is 13.0. The summed E-state index contributed by atoms with van der Waals surface area (Å²) in [6, 6.07) is 22.3. The minimum absolute atomic E-state index is 0.462. The highest BCUT2D eigenvalue weighted by molar-refractivity contribution is 5.97. The van der Waals surface area contributed by atoms with E-state index in [0.29, 0.717) is 29.1 Å². The molecule has 7 nitrogen and oxygen atoms in total. The molecule has 0 aliphatic carbocycles. The van der Waals surface area contributed by atoms with Gasteiger partial charge in [-0.2, -0.15) is 0 Å². The van der Waals surface area contributed by atoms with E-state index in [1.807, 2.05) is 48.5 Å². The third-order valence-electron chi connectivity index (χ3n) is 5.92. The van der Waals surface area contributed by atoms with Crippen LogP contribution in [0.1, 0.15) is 25.0 Å². The lowest BCUT2D eigenvalue weighted by Crippen LogP contribution is -2.29. The number of imidazole rings is 1. The molecule has 0 unspecified atom stereocenters. The van der Waals surface area contributed by atoms with Gasteiger partial charge in [0.2, 0.25) is 0 Å². The van der Waals surface area contributed by atoms with Crippen LogP contribution in [0.25, 0.3) is 11.0 Å². The van der Waals surface area contributed by atoms with Crippen molar-refractivity contribution in [3.05, 3.63) is 94.4 Å². The van der Waals surface area contributed by atoms with Crippen LogP contribution >= 0.6 is 0 Å². The first kappa shape index (κ1) is 23.3. The van der Waals surface area contributed by atoms with E-state index < -0.39 is 11.7 Å². The molecule has 4 rings (SSSR count). The first-order valence-electron chi connectivity index (χ1n) is 11.6. The minimum Gasteiger partial charge on any atom is -0.489 e. The number of H-pyrrole nitrogens is 1. The van der Waals surface area contributed by atoms with Gasteiger partial charge in [-0.1, -0.05) is 50.2 Å². The van der Waals surface area contributed by atoms with Crippen molar-refractivity contribution in [2.75, 3.05) is 25.0 Å². The SMILES string of the molecule is CCN(CC)CCc1ccc2[nH]c(=O)n(C(=O)Nc3ccc(OCc4ccccc4)cc3)c2c1. The van der Waals surface area contributed by atoms with Gasteiger partial charge in [-0.05, 0) is 67.0 Å². The van der Waals surface area contributed by atoms with Gasteiger partial charge in [0.15, 0.2) is 0 Å². The predicted molar refractivity (Wildman–Crippen MR) is 136 cm³/mol. The summed E-state index contributed by atoms with van der Waals surface area (Å²) in [5, 5.41) is 2.81. The molecule has 176 valence electrons. The molecule has 0 atom stereocenters. The summed E-state index contributed by atoms with van der Waals surface area (Å²) in [4.78, 5) is 30.6. The Morgan fingerprint density at radius 3 is 2.41 bits per heavy atom. The van der Waals surface area contributed by atoms with E-state index in [9.17, 15) is 9.59 Å². The molecule has 0 saturated carbocycles. The number of carbonyl (C=O) groups excluding carboxylic acids is 1. The van der Waals surface area contributed by atoms with Gasteiger partial charge in [0.1, 0.15) is 12.4 Å². The van der Waals surface area contributed by atoms with Crippen molar-refractivity contribution in [1.29, 1.82) is 0 Å². The van der Waals surface area contributed by atoms with Gasteiger partial charge in [0.25, 0.3) is 0 Å². The third-order valence-corrected chi connectivity index (χ3v) is 5.92. The number of carbonyl (C=O) groups is 1. The summed E-state index contributed by atoms with van der Waals surface area (Å²) in [6.07, 6.45) is 0.850. The molecule has 34 heavy (non-hydrogen) atoms. The molecule has 7 heteroatoms. The molecule has 1 aromatic heterocycles. The fraction of sp³-hybridized carbons (Fsp3) is 0.259. The Morgan fingerprint density at radius 2 is 1.71 bits per heavy atom. The van der Waals surface area contributed by atoms with Gasteiger partial charge in [0.05, 0.1) is 11.0 Å². The number of hydrogen-bond acceptors (Lipinski definition) is 4. The van der Waals surface area contributed by atoms with Crippen LogP contribution < -0.4 is 15.7 Å². The van der Waals surface area contributed by atoms with Crippen LogP contribution in [-0.4, -0.2) is 40.1 Å². The number of aromatic nitrogens is 2. The third kappa shape index (κ3) is 5.55. The van der Waals surface area contributed by atoms with Gasteiger partial charge >= 0.3 is 11.7 Å². The zero-order valence-electron chi connectivity index (χ0n) is 19.6. The van der Waals surface area contributed by atoms with Crippen molar-refractivity contribution in [3.8, 4) is 5.75 Å². The normalized spacial score (nSPS) is 11.1. The first-order valence-corrected chi connectivity index (χ1v) is 11.6. The fourth-order valence-corrected chi connectivity index (χ4v) is 3.89. The first-order chi connectivity index (χ1) is 16.6. The van der Waals surface area contributed by atoms with Crippen LogP contribution in [0.4, 0.5) is 10.5 Å². The lowest BCUT2D eigenvalue weighted by Gasteiger charge is -2.17. The molecule has 2 N–H and O–H groups in total. The van der Waals surface area contributed by atoms with Gasteiger partial charge in [-0.3, -0.25) is 0 Å². The summed E-state index contributed by atoms with van der Waals surface area (Å²) in [7, 11) is 0. The quantitative estimate of drug-likeness (QED) is 0.375. The van der Waals surface area contributed by atoms with E-state index in [1.54, 1.807) is 24.3 Å². The number of anilines is 1. The number of rotatable bonds is 9. The number of fused-ring (bicyclic) bond motifs is 1. The van der Waals surface area contributed by atoms with Crippen molar-refractivity contribution < 1.29 is 9.53 Å². The zero-order chi connectivity index (χ0) is 23.9. The number of aromatic amines is 1. The summed E-state index contributed by atoms with van der Waals surface area (Å²) >= 11 is 0. The standard InChI is InChI=1S/C27H30N4O3/c1-3-30(4-2)17-16-20-10-15-24-25(18-20)31(27(33)29-24)26(32)28-22-11-13-23(14-12-22)34-19-21-8-6-5-7-9-21/h5-15,18H,3-4,16-17,19H2,1-2H3,(H,28,32)(H,29,33). The molecule has 4 aromatic rings. The summed E-state index contributed by atoms with van der Waals surface area (Å²) in [5.74, 6) is 0.698. The second-order valence-electron chi connectivity index (χ2n) is 8.12. The van der Waals surface area contributed by atoms with Crippen molar-refractivity contribution in [3.63, 3.8) is 0 Å². The second kappa shape index (κ2) is 10.9. The molecular formula is C27H30N4O3. The van der Waals surface area contributed by atoms with Crippen LogP contribution in [-0.2, 0) is 13.0 Å². The fourth-order valence-electron chi connectivity index (χ4n) is 3.89. The van der Waals surface area contributed by atoms with Crippen LogP contribution in [0.3, 0.4) is 0 Å². The van der Waals surface area contributed by atoms with Crippen molar-refractivity contribution in [1.82, 2.24) is 14.5 Å². The van der Waals surface area contributed by atoms with Crippen LogP contribution in [0, 0.1) is 0 Å². The van der Waals surface area contributed by atoms with Crippen LogP contribution in [0.15, 0.2) is 77.6 Å². The number of hydrogen-bond donors (Lipinski definition) is 2. The molecule has 0 aliphatic rings. The molecule has 0 bridgehead atoms. The van der Waals surface area contributed by atoms with Gasteiger partial charge in [0, 0.05) is 12.2 Å². The Hall–Kier alpha value is -3.84. The average molecular weight is 459 g/mol. The number of ether oxygens (including phenoxy) is 1. The van der Waals surface area contributed by atoms with E-state index in [-0.39, 0.29) is 0 Å². The van der Waals surface area contributed by atoms with Crippen LogP contribution in [0.5, 0.6) is 5.75 Å². The Labute approximate surface area is 199 Å². The summed E-state index contributed by atoms with van der Waals surface area (Å²) in [6.45, 7) is 7.66. The molecule has 0 radical (unpaired) electrons. The summed E-state index contributed by atoms with van der Waals surface area (Å²) in [5.41, 5.74) is 3.49. The topological polar surface area (TPSA) is 79.4 Å². The Balaban J connectivity index is 1.45. The highest BCUT2D eigenvalue weighted by atomic mass is 16.5. The van der Waals surface area contributed by atoms with E-state index >= 15 is 0 Å². The van der Waals surface area contributed by atoms with Gasteiger partial charge in [-0.15, -0.1) is 0 Å². The zero-order valence-corrected chi connectivity index (χ0v) is 19.6. The number of amides is 1. The Kier molecular flexibility index (Phi) is 7.44. The lowest BCUT2D eigenvalue weighted by atomic mass is 10.1. The van der Waals surface area contributed by atoms with E-state index in [0.717, 1.165) is 41.7 Å². The molecular weight excluding hydrogens is 428 g/mol. The number of nitrogens with one attached hydrogen (secondary N) is 2.